The molecular weight excluding hydrogens is 306 g/mol. The van der Waals surface area contributed by atoms with Crippen LogP contribution < -0.4 is 5.32 Å². The maximum absolute atomic E-state index is 12.2. The first-order valence-electron chi connectivity index (χ1n) is 8.53. The van der Waals surface area contributed by atoms with Crippen LogP contribution in [0, 0.1) is 0 Å². The Morgan fingerprint density at radius 1 is 1.38 bits per heavy atom. The van der Waals surface area contributed by atoms with Gasteiger partial charge < -0.3 is 9.84 Å². The van der Waals surface area contributed by atoms with Crippen molar-refractivity contribution in [2.75, 3.05) is 13.1 Å². The number of carbonyl (C=O) groups is 1. The highest BCUT2D eigenvalue weighted by molar-refractivity contribution is 5.78. The lowest BCUT2D eigenvalue weighted by Gasteiger charge is -2.21. The second kappa shape index (κ2) is 6.68. The molecule has 1 atom stereocenters. The van der Waals surface area contributed by atoms with E-state index in [1.165, 1.54) is 0 Å². The van der Waals surface area contributed by atoms with Crippen LogP contribution >= 0.6 is 0 Å². The summed E-state index contributed by atoms with van der Waals surface area (Å²) in [5.41, 5.74) is 0.996. The second-order valence-electron chi connectivity index (χ2n) is 6.53. The van der Waals surface area contributed by atoms with Gasteiger partial charge in [-0.15, -0.1) is 0 Å². The molecule has 2 aliphatic rings. The lowest BCUT2D eigenvalue weighted by molar-refractivity contribution is -0.122. The molecular formula is C17H21N5O2. The topological polar surface area (TPSA) is 84.2 Å². The molecule has 1 aliphatic heterocycles. The van der Waals surface area contributed by atoms with Gasteiger partial charge in [0.25, 0.3) is 0 Å². The number of amides is 1. The molecule has 24 heavy (non-hydrogen) atoms. The first-order chi connectivity index (χ1) is 11.8. The highest BCUT2D eigenvalue weighted by atomic mass is 16.5. The van der Waals surface area contributed by atoms with Gasteiger partial charge >= 0.3 is 0 Å². The van der Waals surface area contributed by atoms with E-state index < -0.39 is 0 Å². The van der Waals surface area contributed by atoms with E-state index in [9.17, 15) is 4.79 Å². The van der Waals surface area contributed by atoms with Gasteiger partial charge in [0.15, 0.2) is 5.82 Å². The average Bonchev–Trinajstić information content (AvgIpc) is 3.16. The third-order valence-electron chi connectivity index (χ3n) is 4.60. The highest BCUT2D eigenvalue weighted by Gasteiger charge is 2.34. The van der Waals surface area contributed by atoms with Crippen molar-refractivity contribution in [3.63, 3.8) is 0 Å². The summed E-state index contributed by atoms with van der Waals surface area (Å²) < 4.78 is 5.36. The molecule has 2 fully saturated rings. The van der Waals surface area contributed by atoms with Crippen molar-refractivity contribution >= 4 is 5.91 Å². The average molecular weight is 327 g/mol. The molecule has 0 bridgehead atoms. The first kappa shape index (κ1) is 15.3. The zero-order chi connectivity index (χ0) is 16.4. The van der Waals surface area contributed by atoms with Crippen LogP contribution in [0.5, 0.6) is 0 Å². The van der Waals surface area contributed by atoms with Gasteiger partial charge in [0.1, 0.15) is 0 Å². The molecule has 0 spiro atoms. The number of carbonyl (C=O) groups excluding carboxylic acids is 1. The molecule has 2 aromatic heterocycles. The maximum atomic E-state index is 12.2. The summed E-state index contributed by atoms with van der Waals surface area (Å²) in [5, 5.41) is 7.09. The van der Waals surface area contributed by atoms with E-state index in [4.69, 9.17) is 4.52 Å². The fourth-order valence-electron chi connectivity index (χ4n) is 3.13. The maximum Gasteiger partial charge on any atom is 0.234 e. The molecule has 2 aromatic rings. The van der Waals surface area contributed by atoms with Crippen LogP contribution in [-0.4, -0.2) is 39.0 Å². The standard InChI is InChI=1S/C17H21N5O2/c23-15(19-10-12-3-1-7-18-9-12)11-22-8-2-4-14(22)16-20-17(24-21-16)13-5-6-13/h1,3,7,9,13-14H,2,4-6,8,10-11H2,(H,19,23)/t14-/m0/s1. The Labute approximate surface area is 140 Å². The van der Waals surface area contributed by atoms with Crippen LogP contribution in [0.25, 0.3) is 0 Å². The van der Waals surface area contributed by atoms with E-state index in [2.05, 4.69) is 25.3 Å². The van der Waals surface area contributed by atoms with Crippen LogP contribution in [0.2, 0.25) is 0 Å². The Balaban J connectivity index is 1.33. The number of rotatable bonds is 6. The smallest absolute Gasteiger partial charge is 0.234 e. The van der Waals surface area contributed by atoms with Gasteiger partial charge in [0, 0.05) is 24.9 Å². The summed E-state index contributed by atoms with van der Waals surface area (Å²) in [6.45, 7) is 1.75. The molecule has 1 amide bonds. The minimum atomic E-state index is 0.0108. The van der Waals surface area contributed by atoms with Gasteiger partial charge in [0.2, 0.25) is 11.8 Å². The van der Waals surface area contributed by atoms with Crippen molar-refractivity contribution in [2.45, 2.75) is 44.2 Å². The van der Waals surface area contributed by atoms with E-state index in [1.807, 2.05) is 12.1 Å². The van der Waals surface area contributed by atoms with Crippen LogP contribution in [0.3, 0.4) is 0 Å². The van der Waals surface area contributed by atoms with E-state index in [0.29, 0.717) is 19.0 Å². The molecule has 1 N–H and O–H groups in total. The SMILES string of the molecule is O=C(CN1CCC[C@H]1c1noc(C2CC2)n1)NCc1cccnc1. The Kier molecular flexibility index (Phi) is 4.25. The van der Waals surface area contributed by atoms with Gasteiger partial charge in [-0.05, 0) is 43.9 Å². The van der Waals surface area contributed by atoms with Crippen molar-refractivity contribution in [3.05, 3.63) is 41.8 Å². The molecule has 7 heteroatoms. The number of hydrogen-bond acceptors (Lipinski definition) is 6. The fraction of sp³-hybridized carbons (Fsp3) is 0.529. The lowest BCUT2D eigenvalue weighted by Crippen LogP contribution is -2.36. The molecule has 1 saturated heterocycles. The monoisotopic (exact) mass is 327 g/mol. The molecule has 7 nitrogen and oxygen atoms in total. The summed E-state index contributed by atoms with van der Waals surface area (Å²) in [4.78, 5) is 23.0. The number of hydrogen-bond donors (Lipinski definition) is 1. The molecule has 4 rings (SSSR count). The minimum absolute atomic E-state index is 0.0108. The zero-order valence-electron chi connectivity index (χ0n) is 13.5. The third kappa shape index (κ3) is 3.46. The Bertz CT molecular complexity index is 698. The summed E-state index contributed by atoms with van der Waals surface area (Å²) in [6, 6.07) is 3.90. The zero-order valence-corrected chi connectivity index (χ0v) is 13.5. The lowest BCUT2D eigenvalue weighted by atomic mass is 10.2. The first-order valence-corrected chi connectivity index (χ1v) is 8.53. The van der Waals surface area contributed by atoms with E-state index in [-0.39, 0.29) is 11.9 Å². The molecule has 0 unspecified atom stereocenters. The van der Waals surface area contributed by atoms with Gasteiger partial charge in [-0.25, -0.2) is 0 Å². The largest absolute Gasteiger partial charge is 0.351 e. The molecule has 126 valence electrons. The van der Waals surface area contributed by atoms with E-state index >= 15 is 0 Å². The molecule has 0 radical (unpaired) electrons. The Hall–Kier alpha value is -2.28. The van der Waals surface area contributed by atoms with Crippen molar-refractivity contribution in [2.24, 2.45) is 0 Å². The molecule has 0 aromatic carbocycles. The molecule has 3 heterocycles. The number of aromatic nitrogens is 3. The summed E-state index contributed by atoms with van der Waals surface area (Å²) in [7, 11) is 0. The summed E-state index contributed by atoms with van der Waals surface area (Å²) in [5.74, 6) is 1.97. The minimum Gasteiger partial charge on any atom is -0.351 e. The molecule has 1 aliphatic carbocycles. The van der Waals surface area contributed by atoms with Crippen molar-refractivity contribution in [1.82, 2.24) is 25.3 Å². The van der Waals surface area contributed by atoms with Gasteiger partial charge in [-0.3, -0.25) is 14.7 Å². The number of pyridine rings is 1. The Morgan fingerprint density at radius 3 is 3.08 bits per heavy atom. The van der Waals surface area contributed by atoms with Crippen molar-refractivity contribution in [3.8, 4) is 0 Å². The van der Waals surface area contributed by atoms with Crippen molar-refractivity contribution in [1.29, 1.82) is 0 Å². The molecule has 1 saturated carbocycles. The van der Waals surface area contributed by atoms with Gasteiger partial charge in [-0.2, -0.15) is 4.98 Å². The van der Waals surface area contributed by atoms with Gasteiger partial charge in [0.05, 0.1) is 12.6 Å². The summed E-state index contributed by atoms with van der Waals surface area (Å²) in [6.07, 6.45) is 7.80. The number of likely N-dealkylation sites (tertiary alicyclic amines) is 1. The van der Waals surface area contributed by atoms with Crippen LogP contribution in [0.15, 0.2) is 29.0 Å². The quantitative estimate of drug-likeness (QED) is 0.871. The second-order valence-corrected chi connectivity index (χ2v) is 6.53. The van der Waals surface area contributed by atoms with E-state index in [1.54, 1.807) is 12.4 Å². The highest BCUT2D eigenvalue weighted by Crippen LogP contribution is 2.40. The van der Waals surface area contributed by atoms with Crippen LogP contribution in [0.4, 0.5) is 0 Å². The number of nitrogens with one attached hydrogen (secondary N) is 1. The Morgan fingerprint density at radius 2 is 2.29 bits per heavy atom. The summed E-state index contributed by atoms with van der Waals surface area (Å²) >= 11 is 0. The predicted octanol–water partition coefficient (Wildman–Crippen LogP) is 1.80. The fourth-order valence-corrected chi connectivity index (χ4v) is 3.13. The van der Waals surface area contributed by atoms with Gasteiger partial charge in [-0.1, -0.05) is 11.2 Å². The number of nitrogens with zero attached hydrogens (tertiary/aromatic N) is 4. The van der Waals surface area contributed by atoms with Crippen LogP contribution in [0.1, 0.15) is 54.9 Å². The van der Waals surface area contributed by atoms with Crippen molar-refractivity contribution < 1.29 is 9.32 Å². The van der Waals surface area contributed by atoms with E-state index in [0.717, 1.165) is 49.5 Å². The predicted molar refractivity (Wildman–Crippen MR) is 85.9 cm³/mol. The normalized spacial score (nSPS) is 21.1. The third-order valence-corrected chi connectivity index (χ3v) is 4.60. The van der Waals surface area contributed by atoms with Crippen LogP contribution in [-0.2, 0) is 11.3 Å².